The van der Waals surface area contributed by atoms with Crippen molar-refractivity contribution >= 4 is 17.4 Å². The van der Waals surface area contributed by atoms with Crippen LogP contribution in [0.2, 0.25) is 0 Å². The maximum absolute atomic E-state index is 13.0. The molecule has 1 aliphatic rings. The molecule has 2 N–H and O–H groups in total. The predicted octanol–water partition coefficient (Wildman–Crippen LogP) is 3.46. The number of benzene rings is 2. The first-order chi connectivity index (χ1) is 15.5. The summed E-state index contributed by atoms with van der Waals surface area (Å²) in [5.74, 6) is -1.57. The number of phenolic OH excluding ortho intramolecular Hbond substituents is 1. The van der Waals surface area contributed by atoms with E-state index in [1.54, 1.807) is 24.3 Å². The van der Waals surface area contributed by atoms with Gasteiger partial charge in [-0.1, -0.05) is 36.4 Å². The highest BCUT2D eigenvalue weighted by atomic mass is 16.5. The van der Waals surface area contributed by atoms with Gasteiger partial charge in [0.15, 0.2) is 11.5 Å². The van der Waals surface area contributed by atoms with Crippen molar-refractivity contribution < 1.29 is 24.5 Å². The van der Waals surface area contributed by atoms with E-state index in [1.807, 2.05) is 30.3 Å². The SMILES string of the molecule is COc1cc(C2/C(=C(\O)c3ccncc3)C(=O)C(=O)N2CCc2ccccc2)ccc1O. The van der Waals surface area contributed by atoms with E-state index < -0.39 is 17.7 Å². The molecule has 1 aliphatic heterocycles. The van der Waals surface area contributed by atoms with Gasteiger partial charge in [0, 0.05) is 24.5 Å². The van der Waals surface area contributed by atoms with E-state index in [1.165, 1.54) is 30.5 Å². The lowest BCUT2D eigenvalue weighted by Gasteiger charge is -2.26. The zero-order chi connectivity index (χ0) is 22.7. The number of hydrogen-bond acceptors (Lipinski definition) is 6. The van der Waals surface area contributed by atoms with Crippen LogP contribution >= 0.6 is 0 Å². The molecule has 1 amide bonds. The third-order valence-electron chi connectivity index (χ3n) is 5.50. The molecule has 3 aromatic rings. The summed E-state index contributed by atoms with van der Waals surface area (Å²) in [7, 11) is 1.42. The van der Waals surface area contributed by atoms with E-state index in [0.717, 1.165) is 5.56 Å². The molecule has 4 rings (SSSR count). The molecule has 1 unspecified atom stereocenters. The van der Waals surface area contributed by atoms with Crippen LogP contribution in [-0.2, 0) is 16.0 Å². The number of rotatable bonds is 6. The second kappa shape index (κ2) is 8.93. The Hall–Kier alpha value is -4.13. The second-order valence-corrected chi connectivity index (χ2v) is 7.40. The van der Waals surface area contributed by atoms with E-state index in [2.05, 4.69) is 4.98 Å². The van der Waals surface area contributed by atoms with Crippen molar-refractivity contribution in [1.82, 2.24) is 9.88 Å². The molecule has 1 fully saturated rings. The second-order valence-electron chi connectivity index (χ2n) is 7.40. The smallest absolute Gasteiger partial charge is 0.295 e. The van der Waals surface area contributed by atoms with Crippen LogP contribution < -0.4 is 4.74 Å². The molecular formula is C25H22N2O5. The highest BCUT2D eigenvalue weighted by Gasteiger charge is 2.46. The number of aromatic nitrogens is 1. The van der Waals surface area contributed by atoms with Gasteiger partial charge in [0.1, 0.15) is 5.76 Å². The first-order valence-electron chi connectivity index (χ1n) is 10.1. The Morgan fingerprint density at radius 3 is 2.47 bits per heavy atom. The van der Waals surface area contributed by atoms with Gasteiger partial charge in [-0.05, 0) is 41.8 Å². The molecule has 0 radical (unpaired) electrons. The summed E-state index contributed by atoms with van der Waals surface area (Å²) in [5.41, 5.74) is 1.94. The van der Waals surface area contributed by atoms with Crippen LogP contribution in [-0.4, -0.2) is 45.4 Å². The Bertz CT molecular complexity index is 1180. The van der Waals surface area contributed by atoms with E-state index in [-0.39, 0.29) is 29.4 Å². The van der Waals surface area contributed by atoms with Crippen LogP contribution in [0.25, 0.3) is 5.76 Å². The van der Waals surface area contributed by atoms with Crippen molar-refractivity contribution in [2.24, 2.45) is 0 Å². The normalized spacial score (nSPS) is 17.5. The number of amides is 1. The van der Waals surface area contributed by atoms with Crippen LogP contribution in [0, 0.1) is 0 Å². The van der Waals surface area contributed by atoms with Crippen LogP contribution in [0.3, 0.4) is 0 Å². The summed E-state index contributed by atoms with van der Waals surface area (Å²) in [5, 5.41) is 21.0. The quantitative estimate of drug-likeness (QED) is 0.353. The van der Waals surface area contributed by atoms with Crippen molar-refractivity contribution in [3.05, 3.63) is 95.3 Å². The van der Waals surface area contributed by atoms with Gasteiger partial charge >= 0.3 is 0 Å². The zero-order valence-corrected chi connectivity index (χ0v) is 17.4. The number of carbonyl (C=O) groups excluding carboxylic acids is 2. The highest BCUT2D eigenvalue weighted by molar-refractivity contribution is 6.46. The molecule has 2 aromatic carbocycles. The first-order valence-corrected chi connectivity index (χ1v) is 10.1. The number of phenols is 1. The minimum atomic E-state index is -0.832. The summed E-state index contributed by atoms with van der Waals surface area (Å²) < 4.78 is 5.22. The Labute approximate surface area is 185 Å². The number of ether oxygens (including phenoxy) is 1. The molecule has 0 spiro atoms. The number of pyridine rings is 1. The predicted molar refractivity (Wildman–Crippen MR) is 118 cm³/mol. The number of nitrogens with zero attached hydrogens (tertiary/aromatic N) is 2. The lowest BCUT2D eigenvalue weighted by Crippen LogP contribution is -2.31. The fraction of sp³-hybridized carbons (Fsp3) is 0.160. The fourth-order valence-electron chi connectivity index (χ4n) is 3.88. The monoisotopic (exact) mass is 430 g/mol. The van der Waals surface area contributed by atoms with Crippen LogP contribution in [0.1, 0.15) is 22.7 Å². The average Bonchev–Trinajstić information content (AvgIpc) is 3.08. The number of hydrogen-bond donors (Lipinski definition) is 2. The average molecular weight is 430 g/mol. The molecule has 2 heterocycles. The number of likely N-dealkylation sites (tertiary alicyclic amines) is 1. The van der Waals surface area contributed by atoms with Gasteiger partial charge in [-0.25, -0.2) is 0 Å². The van der Waals surface area contributed by atoms with Gasteiger partial charge < -0.3 is 19.8 Å². The number of aliphatic hydroxyl groups is 1. The summed E-state index contributed by atoms with van der Waals surface area (Å²) >= 11 is 0. The van der Waals surface area contributed by atoms with Crippen LogP contribution in [0.5, 0.6) is 11.5 Å². The Morgan fingerprint density at radius 1 is 1.06 bits per heavy atom. The molecule has 32 heavy (non-hydrogen) atoms. The highest BCUT2D eigenvalue weighted by Crippen LogP contribution is 2.41. The fourth-order valence-corrected chi connectivity index (χ4v) is 3.88. The third kappa shape index (κ3) is 3.92. The van der Waals surface area contributed by atoms with Gasteiger partial charge in [-0.3, -0.25) is 14.6 Å². The number of Topliss-reactive ketones (excluding diaryl/α,β-unsaturated/α-hetero) is 1. The molecule has 0 bridgehead atoms. The van der Waals surface area contributed by atoms with Crippen LogP contribution in [0.4, 0.5) is 0 Å². The number of aromatic hydroxyl groups is 1. The number of methoxy groups -OCH3 is 1. The summed E-state index contributed by atoms with van der Waals surface area (Å²) in [6, 6.07) is 16.6. The standard InChI is InChI=1S/C25H22N2O5/c1-32-20-15-18(7-8-19(20)28)22-21(23(29)17-9-12-26-13-10-17)24(30)25(31)27(22)14-11-16-5-3-2-4-6-16/h2-10,12-13,15,22,28-29H,11,14H2,1H3/b23-21+. The summed E-state index contributed by atoms with van der Waals surface area (Å²) in [6.07, 6.45) is 3.53. The Kier molecular flexibility index (Phi) is 5.89. The van der Waals surface area contributed by atoms with Gasteiger partial charge in [0.2, 0.25) is 0 Å². The van der Waals surface area contributed by atoms with E-state index in [9.17, 15) is 19.8 Å². The zero-order valence-electron chi connectivity index (χ0n) is 17.4. The third-order valence-corrected chi connectivity index (χ3v) is 5.50. The minimum absolute atomic E-state index is 0.0120. The summed E-state index contributed by atoms with van der Waals surface area (Å²) in [4.78, 5) is 31.4. The minimum Gasteiger partial charge on any atom is -0.507 e. The van der Waals surface area contributed by atoms with Crippen LogP contribution in [0.15, 0.2) is 78.6 Å². The molecule has 7 nitrogen and oxygen atoms in total. The molecule has 1 atom stereocenters. The van der Waals surface area contributed by atoms with Crippen molar-refractivity contribution in [2.75, 3.05) is 13.7 Å². The van der Waals surface area contributed by atoms with Gasteiger partial charge in [0.25, 0.3) is 11.7 Å². The molecule has 1 saturated heterocycles. The lowest BCUT2D eigenvalue weighted by molar-refractivity contribution is -0.139. The van der Waals surface area contributed by atoms with Crippen molar-refractivity contribution in [3.8, 4) is 11.5 Å². The Balaban J connectivity index is 1.81. The maximum atomic E-state index is 13.0. The van der Waals surface area contributed by atoms with Crippen molar-refractivity contribution in [1.29, 1.82) is 0 Å². The van der Waals surface area contributed by atoms with E-state index >= 15 is 0 Å². The number of ketones is 1. The van der Waals surface area contributed by atoms with Gasteiger partial charge in [-0.15, -0.1) is 0 Å². The molecular weight excluding hydrogens is 408 g/mol. The van der Waals surface area contributed by atoms with Gasteiger partial charge in [0.05, 0.1) is 18.7 Å². The van der Waals surface area contributed by atoms with E-state index in [4.69, 9.17) is 4.74 Å². The Morgan fingerprint density at radius 2 is 1.78 bits per heavy atom. The molecule has 0 saturated carbocycles. The van der Waals surface area contributed by atoms with Crippen molar-refractivity contribution in [3.63, 3.8) is 0 Å². The largest absolute Gasteiger partial charge is 0.507 e. The first kappa shape index (κ1) is 21.1. The van der Waals surface area contributed by atoms with Gasteiger partial charge in [-0.2, -0.15) is 0 Å². The number of aliphatic hydroxyl groups excluding tert-OH is 1. The summed E-state index contributed by atoms with van der Waals surface area (Å²) in [6.45, 7) is 0.273. The number of carbonyl (C=O) groups is 2. The molecule has 0 aliphatic carbocycles. The topological polar surface area (TPSA) is 100.0 Å². The molecule has 162 valence electrons. The maximum Gasteiger partial charge on any atom is 0.295 e. The lowest BCUT2D eigenvalue weighted by atomic mass is 9.95. The van der Waals surface area contributed by atoms with Crippen molar-refractivity contribution in [2.45, 2.75) is 12.5 Å². The molecule has 7 heteroatoms. The van der Waals surface area contributed by atoms with E-state index in [0.29, 0.717) is 17.5 Å². The molecule has 1 aromatic heterocycles.